The van der Waals surface area contributed by atoms with Crippen molar-refractivity contribution in [2.45, 2.75) is 17.0 Å². The second kappa shape index (κ2) is 20.9. The summed E-state index contributed by atoms with van der Waals surface area (Å²) in [5.41, 5.74) is 30.4. The molecule has 1 unspecified atom stereocenters. The smallest absolute Gasteiger partial charge is 0.132 e. The Kier molecular flexibility index (Phi) is 11.8. The van der Waals surface area contributed by atoms with Gasteiger partial charge < -0.3 is 25.1 Å². The second-order valence-electron chi connectivity index (χ2n) is 26.1. The van der Waals surface area contributed by atoms with Crippen LogP contribution < -0.4 is 19.7 Å². The number of para-hydroxylation sites is 4. The molecule has 20 rings (SSSR count). The molecule has 6 heteroatoms. The van der Waals surface area contributed by atoms with Crippen molar-refractivity contribution in [2.75, 3.05) is 10.2 Å². The minimum atomic E-state index is -0.533. The predicted molar refractivity (Wildman–Crippen MR) is 392 cm³/mol. The normalized spacial score (nSPS) is 15.0. The van der Waals surface area contributed by atoms with E-state index in [1.165, 1.54) is 44.5 Å². The largest absolute Gasteiger partial charge is 0.457 e. The first kappa shape index (κ1) is 54.9. The third-order valence-electron chi connectivity index (χ3n) is 21.3. The molecular weight excluding hydrogens is 1180 g/mol. The summed E-state index contributed by atoms with van der Waals surface area (Å²) in [4.78, 5) is 2.43. The molecule has 14 aromatic rings. The highest BCUT2D eigenvalue weighted by molar-refractivity contribution is 6.34. The summed E-state index contributed by atoms with van der Waals surface area (Å²) >= 11 is 0. The van der Waals surface area contributed by atoms with Crippen LogP contribution in [0.4, 0.5) is 17.1 Å². The van der Waals surface area contributed by atoms with Crippen molar-refractivity contribution in [1.82, 2.24) is 0 Å². The Morgan fingerprint density at radius 2 is 0.732 bits per heavy atom. The monoisotopic (exact) mass is 1240 g/mol. The van der Waals surface area contributed by atoms with E-state index >= 15 is 0 Å². The molecule has 1 atom stereocenters. The van der Waals surface area contributed by atoms with Gasteiger partial charge in [-0.05, 0) is 149 Å². The van der Waals surface area contributed by atoms with Crippen LogP contribution in [0.3, 0.4) is 0 Å². The summed E-state index contributed by atoms with van der Waals surface area (Å²) in [5.74, 6) is 3.43. The van der Waals surface area contributed by atoms with Gasteiger partial charge in [0.25, 0.3) is 0 Å². The molecule has 0 amide bonds. The predicted octanol–water partition coefficient (Wildman–Crippen LogP) is 22.4. The van der Waals surface area contributed by atoms with E-state index in [1.54, 1.807) is 0 Å². The van der Waals surface area contributed by atoms with Crippen LogP contribution in [0.25, 0.3) is 72.3 Å². The number of nitrogens with zero attached hydrogens (tertiary/aromatic N) is 1. The minimum absolute atomic E-state index is 0.237. The van der Waals surface area contributed by atoms with Crippen LogP contribution in [0.15, 0.2) is 328 Å². The van der Waals surface area contributed by atoms with Gasteiger partial charge in [-0.1, -0.05) is 273 Å². The number of anilines is 3. The lowest BCUT2D eigenvalue weighted by atomic mass is 9.66. The van der Waals surface area contributed by atoms with E-state index < -0.39 is 10.8 Å². The number of benzene rings is 14. The Morgan fingerprint density at radius 3 is 1.28 bits per heavy atom. The molecule has 0 bridgehead atoms. The van der Waals surface area contributed by atoms with Gasteiger partial charge in [-0.3, -0.25) is 5.41 Å². The molecule has 0 aromatic heterocycles. The third-order valence-corrected chi connectivity index (χ3v) is 21.3. The number of hydrogen-bond acceptors (Lipinski definition) is 6. The fraction of sp³-hybridized carbons (Fsp3) is 0.0330. The lowest BCUT2D eigenvalue weighted by Crippen LogP contribution is -2.32. The van der Waals surface area contributed by atoms with Crippen molar-refractivity contribution in [3.8, 4) is 89.8 Å². The molecule has 4 aliphatic heterocycles. The summed E-state index contributed by atoms with van der Waals surface area (Å²) in [6.45, 7) is 0. The molecule has 0 saturated heterocycles. The maximum absolute atomic E-state index is 9.89. The summed E-state index contributed by atoms with van der Waals surface area (Å²) in [5, 5.41) is 23.6. The lowest BCUT2D eigenvalue weighted by Gasteiger charge is -2.39. The average Bonchev–Trinajstić information content (AvgIpc) is 1.70. The fourth-order valence-corrected chi connectivity index (χ4v) is 17.0. The van der Waals surface area contributed by atoms with Crippen molar-refractivity contribution < 1.29 is 9.47 Å². The Labute approximate surface area is 562 Å². The molecule has 2 aliphatic carbocycles. The molecule has 0 radical (unpaired) electrons. The van der Waals surface area contributed by atoms with Gasteiger partial charge in [0.15, 0.2) is 0 Å². The minimum Gasteiger partial charge on any atom is -0.457 e. The van der Waals surface area contributed by atoms with Crippen LogP contribution in [0.5, 0.6) is 23.0 Å². The number of nitrogens with one attached hydrogen (secondary N) is 3. The maximum Gasteiger partial charge on any atom is 0.132 e. The van der Waals surface area contributed by atoms with Gasteiger partial charge in [-0.25, -0.2) is 0 Å². The lowest BCUT2D eigenvalue weighted by molar-refractivity contribution is 0.436. The Morgan fingerprint density at radius 1 is 0.320 bits per heavy atom. The number of hydrogen-bond donors (Lipinski definition) is 3. The van der Waals surface area contributed by atoms with Crippen molar-refractivity contribution in [1.29, 1.82) is 10.8 Å². The molecule has 3 N–H and O–H groups in total. The molecule has 0 fully saturated rings. The van der Waals surface area contributed by atoms with Gasteiger partial charge in [0.05, 0.1) is 39.3 Å². The Hall–Kier alpha value is -12.6. The van der Waals surface area contributed by atoms with E-state index in [2.05, 4.69) is 289 Å². The van der Waals surface area contributed by atoms with Gasteiger partial charge in [0.2, 0.25) is 0 Å². The first-order valence-corrected chi connectivity index (χ1v) is 33.2. The SMILES string of the molecule is N=C(/C=C(\C(=N)c1ccccc1)c1ccc2c(c1)C1Nc3ccccc3N1c1cc(-c3ccc(-c4ccc5c(c4)Oc4ccccc4C54c5ccccc5-c5ccccc54)cc3)ccc1-2)c1ccc(-c2ccc3c(c2)Oc2ccccc2C32c3ccccc3-c3ccccc32)cc1. The number of rotatable bonds is 8. The van der Waals surface area contributed by atoms with Crippen LogP contribution in [0, 0.1) is 10.8 Å². The van der Waals surface area contributed by atoms with Crippen LogP contribution in [-0.4, -0.2) is 11.4 Å². The molecule has 0 saturated carbocycles. The molecular formula is C91H58N4O2. The van der Waals surface area contributed by atoms with E-state index in [1.807, 2.05) is 48.5 Å². The van der Waals surface area contributed by atoms with Crippen LogP contribution in [0.2, 0.25) is 0 Å². The van der Waals surface area contributed by atoms with Crippen LogP contribution >= 0.6 is 0 Å². The number of fused-ring (bicyclic) bond motifs is 26. The number of allylic oxidation sites excluding steroid dienone is 2. The highest BCUT2D eigenvalue weighted by Gasteiger charge is 2.53. The van der Waals surface area contributed by atoms with Crippen LogP contribution in [0.1, 0.15) is 72.9 Å². The summed E-state index contributed by atoms with van der Waals surface area (Å²) in [6, 6.07) is 115. The van der Waals surface area contributed by atoms with E-state index in [4.69, 9.17) is 9.47 Å². The van der Waals surface area contributed by atoms with E-state index in [0.29, 0.717) is 17.0 Å². The average molecular weight is 1240 g/mol. The van der Waals surface area contributed by atoms with Gasteiger partial charge in [-0.15, -0.1) is 0 Å². The van der Waals surface area contributed by atoms with Gasteiger partial charge >= 0.3 is 0 Å². The van der Waals surface area contributed by atoms with Gasteiger partial charge in [0, 0.05) is 44.5 Å². The van der Waals surface area contributed by atoms with E-state index in [0.717, 1.165) is 129 Å². The third kappa shape index (κ3) is 7.90. The first-order chi connectivity index (χ1) is 47.9. The quantitative estimate of drug-likeness (QED) is 0.132. The molecule has 97 heavy (non-hydrogen) atoms. The van der Waals surface area contributed by atoms with Crippen molar-refractivity contribution in [3.05, 3.63) is 394 Å². The summed E-state index contributed by atoms with van der Waals surface area (Å²) in [6.07, 6.45) is 1.64. The summed E-state index contributed by atoms with van der Waals surface area (Å²) in [7, 11) is 0. The summed E-state index contributed by atoms with van der Waals surface area (Å²) < 4.78 is 13.7. The zero-order chi connectivity index (χ0) is 64.1. The van der Waals surface area contributed by atoms with Crippen molar-refractivity contribution in [2.24, 2.45) is 0 Å². The maximum atomic E-state index is 9.89. The molecule has 4 heterocycles. The van der Waals surface area contributed by atoms with E-state index in [-0.39, 0.29) is 6.17 Å². The number of ether oxygens (including phenoxy) is 2. The molecule has 14 aromatic carbocycles. The zero-order valence-corrected chi connectivity index (χ0v) is 52.5. The first-order valence-electron chi connectivity index (χ1n) is 33.2. The van der Waals surface area contributed by atoms with Crippen LogP contribution in [-0.2, 0) is 10.8 Å². The molecule has 6 nitrogen and oxygen atoms in total. The molecule has 454 valence electrons. The van der Waals surface area contributed by atoms with Crippen molar-refractivity contribution >= 4 is 34.1 Å². The van der Waals surface area contributed by atoms with Crippen molar-refractivity contribution in [3.63, 3.8) is 0 Å². The fourth-order valence-electron chi connectivity index (χ4n) is 17.0. The zero-order valence-electron chi connectivity index (χ0n) is 52.5. The second-order valence-corrected chi connectivity index (χ2v) is 26.1. The Balaban J connectivity index is 0.625. The highest BCUT2D eigenvalue weighted by atomic mass is 16.5. The Bertz CT molecular complexity index is 5650. The van der Waals surface area contributed by atoms with Gasteiger partial charge in [-0.2, -0.15) is 0 Å². The highest BCUT2D eigenvalue weighted by Crippen LogP contribution is 2.65. The molecule has 6 aliphatic rings. The molecule has 2 spiro atoms. The van der Waals surface area contributed by atoms with Gasteiger partial charge in [0.1, 0.15) is 29.2 Å². The van der Waals surface area contributed by atoms with E-state index in [9.17, 15) is 10.8 Å². The standard InChI is InChI=1S/C91H58N4O2/c92-80(58-40-38-57(39-41-58)62-45-49-79-87(53-62)97-85-33-17-13-29-77(85)91(79)74-26-10-6-22-67(74)68-23-7-11-27-75(68)91)54-70(88(93)59-18-2-1-3-19-59)63-43-46-64-69-47-42-60(51-83(69)95-82-31-15-14-30-81(82)94-89(95)71(64)50-63)55-34-36-56(37-35-55)61-44-48-78-86(52-61)96-84-32-16-12-28-76(84)90(78)72-24-8-4-20-65(72)66-21-5-9-25-73(66)90/h1-54,89,92-94H/b70-54-,92-80?,93-88?. The topological polar surface area (TPSA) is 81.4 Å².